The first-order chi connectivity index (χ1) is 8.19. The number of nitrogens with two attached hydrogens (primary N) is 1. The average molecular weight is 238 g/mol. The van der Waals surface area contributed by atoms with Crippen molar-refractivity contribution in [1.82, 2.24) is 4.90 Å². The van der Waals surface area contributed by atoms with Crippen molar-refractivity contribution >= 4 is 0 Å². The van der Waals surface area contributed by atoms with Crippen LogP contribution in [0.3, 0.4) is 0 Å². The largest absolute Gasteiger partial charge is 0.508 e. The molecule has 1 aromatic carbocycles. The fraction of sp³-hybridized carbons (Fsp3) is 0.538. The molecular weight excluding hydrogens is 219 g/mol. The van der Waals surface area contributed by atoms with E-state index in [1.165, 1.54) is 12.5 Å². The molecule has 17 heavy (non-hydrogen) atoms. The van der Waals surface area contributed by atoms with Crippen molar-refractivity contribution < 1.29 is 9.50 Å². The van der Waals surface area contributed by atoms with Crippen LogP contribution >= 0.6 is 0 Å². The quantitative estimate of drug-likeness (QED) is 0.845. The molecule has 2 rings (SSSR count). The lowest BCUT2D eigenvalue weighted by Crippen LogP contribution is -2.43. The average Bonchev–Trinajstić information content (AvgIpc) is 2.28. The second kappa shape index (κ2) is 5.47. The van der Waals surface area contributed by atoms with Gasteiger partial charge in [-0.3, -0.25) is 4.90 Å². The number of phenolic OH excluding ortho intramolecular Hbond substituents is 1. The first-order valence-electron chi connectivity index (χ1n) is 6.11. The third-order valence-corrected chi connectivity index (χ3v) is 3.35. The number of benzene rings is 1. The van der Waals surface area contributed by atoms with Gasteiger partial charge in [0.25, 0.3) is 0 Å². The van der Waals surface area contributed by atoms with Crippen molar-refractivity contribution in [1.29, 1.82) is 0 Å². The highest BCUT2D eigenvalue weighted by Gasteiger charge is 2.21. The summed E-state index contributed by atoms with van der Waals surface area (Å²) in [6.45, 7) is 2.30. The van der Waals surface area contributed by atoms with Gasteiger partial charge in [-0.15, -0.1) is 0 Å². The number of phenols is 1. The van der Waals surface area contributed by atoms with E-state index in [9.17, 15) is 9.50 Å². The first-order valence-corrected chi connectivity index (χ1v) is 6.11. The molecule has 0 amide bonds. The van der Waals surface area contributed by atoms with Gasteiger partial charge in [-0.25, -0.2) is 4.39 Å². The molecule has 1 aliphatic heterocycles. The van der Waals surface area contributed by atoms with Crippen LogP contribution < -0.4 is 5.73 Å². The smallest absolute Gasteiger partial charge is 0.127 e. The molecule has 0 spiro atoms. The minimum absolute atomic E-state index is 0.0127. The molecule has 1 aliphatic rings. The molecule has 94 valence electrons. The number of piperidine rings is 1. The number of rotatable bonds is 3. The Hall–Kier alpha value is -1.13. The molecule has 0 bridgehead atoms. The monoisotopic (exact) mass is 238 g/mol. The van der Waals surface area contributed by atoms with Crippen molar-refractivity contribution in [3.8, 4) is 5.75 Å². The van der Waals surface area contributed by atoms with Gasteiger partial charge in [0.1, 0.15) is 11.6 Å². The number of hydrogen-bond acceptors (Lipinski definition) is 3. The van der Waals surface area contributed by atoms with E-state index >= 15 is 0 Å². The zero-order valence-electron chi connectivity index (χ0n) is 9.90. The lowest BCUT2D eigenvalue weighted by molar-refractivity contribution is 0.144. The summed E-state index contributed by atoms with van der Waals surface area (Å²) in [6, 6.07) is 4.60. The Morgan fingerprint density at radius 2 is 2.18 bits per heavy atom. The van der Waals surface area contributed by atoms with Gasteiger partial charge in [0, 0.05) is 25.2 Å². The fourth-order valence-corrected chi connectivity index (χ4v) is 2.49. The molecule has 0 radical (unpaired) electrons. The van der Waals surface area contributed by atoms with Crippen LogP contribution in [0.1, 0.15) is 24.8 Å². The summed E-state index contributed by atoms with van der Waals surface area (Å²) in [6.07, 6.45) is 3.49. The molecule has 1 fully saturated rings. The van der Waals surface area contributed by atoms with E-state index < -0.39 is 0 Å². The summed E-state index contributed by atoms with van der Waals surface area (Å²) in [5.41, 5.74) is 6.55. The lowest BCUT2D eigenvalue weighted by atomic mass is 10.0. The number of hydrogen-bond donors (Lipinski definition) is 2. The van der Waals surface area contributed by atoms with Crippen LogP contribution in [0.25, 0.3) is 0 Å². The second-order valence-electron chi connectivity index (χ2n) is 4.67. The molecule has 0 aromatic heterocycles. The number of likely N-dealkylation sites (tertiary alicyclic amines) is 1. The maximum Gasteiger partial charge on any atom is 0.127 e. The van der Waals surface area contributed by atoms with Crippen LogP contribution in [0.5, 0.6) is 5.75 Å². The minimum atomic E-state index is -0.388. The van der Waals surface area contributed by atoms with E-state index in [2.05, 4.69) is 4.90 Å². The third-order valence-electron chi connectivity index (χ3n) is 3.35. The first kappa shape index (κ1) is 12.3. The predicted octanol–water partition coefficient (Wildman–Crippen LogP) is 1.84. The van der Waals surface area contributed by atoms with Crippen LogP contribution in [-0.2, 0) is 6.54 Å². The molecule has 0 aliphatic carbocycles. The highest BCUT2D eigenvalue weighted by molar-refractivity contribution is 5.28. The SMILES string of the molecule is NCC1CCCCN1Cc1cc(O)cc(F)c1. The molecule has 1 atom stereocenters. The van der Waals surface area contributed by atoms with Crippen LogP contribution in [0.15, 0.2) is 18.2 Å². The van der Waals surface area contributed by atoms with Crippen LogP contribution in [0, 0.1) is 5.82 Å². The zero-order chi connectivity index (χ0) is 12.3. The van der Waals surface area contributed by atoms with Gasteiger partial charge in [0.15, 0.2) is 0 Å². The third kappa shape index (κ3) is 3.17. The van der Waals surface area contributed by atoms with Gasteiger partial charge in [0.2, 0.25) is 0 Å². The van der Waals surface area contributed by atoms with E-state index in [4.69, 9.17) is 5.73 Å². The number of nitrogens with zero attached hydrogens (tertiary/aromatic N) is 1. The van der Waals surface area contributed by atoms with E-state index in [1.54, 1.807) is 6.07 Å². The lowest BCUT2D eigenvalue weighted by Gasteiger charge is -2.35. The second-order valence-corrected chi connectivity index (χ2v) is 4.67. The Kier molecular flexibility index (Phi) is 3.97. The molecule has 1 saturated heterocycles. The van der Waals surface area contributed by atoms with E-state index in [0.29, 0.717) is 19.1 Å². The molecule has 3 nitrogen and oxygen atoms in total. The van der Waals surface area contributed by atoms with Gasteiger partial charge in [-0.05, 0) is 37.1 Å². The van der Waals surface area contributed by atoms with Crippen LogP contribution in [-0.4, -0.2) is 29.1 Å². The zero-order valence-corrected chi connectivity index (χ0v) is 9.90. The van der Waals surface area contributed by atoms with Crippen molar-refractivity contribution in [3.63, 3.8) is 0 Å². The topological polar surface area (TPSA) is 49.5 Å². The molecule has 4 heteroatoms. The normalized spacial score (nSPS) is 21.6. The van der Waals surface area contributed by atoms with Crippen molar-refractivity contribution in [2.45, 2.75) is 31.8 Å². The van der Waals surface area contributed by atoms with Gasteiger partial charge >= 0.3 is 0 Å². The van der Waals surface area contributed by atoms with Crippen molar-refractivity contribution in [2.75, 3.05) is 13.1 Å². The van der Waals surface area contributed by atoms with E-state index in [1.807, 2.05) is 0 Å². The summed E-state index contributed by atoms with van der Waals surface area (Å²) >= 11 is 0. The molecule has 0 saturated carbocycles. The van der Waals surface area contributed by atoms with Gasteiger partial charge in [0.05, 0.1) is 0 Å². The molecule has 1 heterocycles. The standard InChI is InChI=1S/C13H19FN2O/c14-11-5-10(6-13(17)7-11)9-16-4-2-1-3-12(16)8-15/h5-7,12,17H,1-4,8-9,15H2. The van der Waals surface area contributed by atoms with Crippen LogP contribution in [0.4, 0.5) is 4.39 Å². The number of aromatic hydroxyl groups is 1. The maximum absolute atomic E-state index is 13.2. The van der Waals surface area contributed by atoms with Gasteiger partial charge in [-0.2, -0.15) is 0 Å². The Labute approximate surface area is 101 Å². The molecular formula is C13H19FN2O. The van der Waals surface area contributed by atoms with Gasteiger partial charge < -0.3 is 10.8 Å². The number of halogens is 1. The van der Waals surface area contributed by atoms with Crippen LogP contribution in [0.2, 0.25) is 0 Å². The molecule has 1 aromatic rings. The summed E-state index contributed by atoms with van der Waals surface area (Å²) < 4.78 is 13.2. The Balaban J connectivity index is 2.08. The van der Waals surface area contributed by atoms with E-state index in [0.717, 1.165) is 31.0 Å². The Bertz CT molecular complexity index is 363. The fourth-order valence-electron chi connectivity index (χ4n) is 2.49. The highest BCUT2D eigenvalue weighted by Crippen LogP contribution is 2.21. The minimum Gasteiger partial charge on any atom is -0.508 e. The van der Waals surface area contributed by atoms with Crippen molar-refractivity contribution in [3.05, 3.63) is 29.6 Å². The van der Waals surface area contributed by atoms with Gasteiger partial charge in [-0.1, -0.05) is 6.42 Å². The maximum atomic E-state index is 13.2. The van der Waals surface area contributed by atoms with Crippen molar-refractivity contribution in [2.24, 2.45) is 5.73 Å². The van der Waals surface area contributed by atoms with E-state index in [-0.39, 0.29) is 11.6 Å². The predicted molar refractivity (Wildman–Crippen MR) is 65.2 cm³/mol. The molecule has 1 unspecified atom stereocenters. The summed E-state index contributed by atoms with van der Waals surface area (Å²) in [5.74, 6) is -0.400. The summed E-state index contributed by atoms with van der Waals surface area (Å²) in [4.78, 5) is 2.28. The highest BCUT2D eigenvalue weighted by atomic mass is 19.1. The summed E-state index contributed by atoms with van der Waals surface area (Å²) in [5, 5.41) is 9.36. The Morgan fingerprint density at radius 1 is 1.35 bits per heavy atom. The summed E-state index contributed by atoms with van der Waals surface area (Å²) in [7, 11) is 0. The Morgan fingerprint density at radius 3 is 2.88 bits per heavy atom. The molecule has 3 N–H and O–H groups in total.